The Morgan fingerprint density at radius 3 is 2.62 bits per heavy atom. The molecular weight excluding hydrogens is 342 g/mol. The van der Waals surface area contributed by atoms with Crippen molar-refractivity contribution in [2.45, 2.75) is 19.5 Å². The Bertz CT molecular complexity index is 949. The lowest BCUT2D eigenvalue weighted by molar-refractivity contribution is -0.131. The van der Waals surface area contributed by atoms with Gasteiger partial charge in [0.1, 0.15) is 5.76 Å². The molecule has 4 heteroatoms. The number of carbonyl (C=O) groups is 1. The fraction of sp³-hybridized carbons (Fsp3) is 0.136. The molecule has 4 rings (SSSR count). The highest BCUT2D eigenvalue weighted by Crippen LogP contribution is 2.21. The van der Waals surface area contributed by atoms with E-state index in [9.17, 15) is 4.79 Å². The van der Waals surface area contributed by atoms with E-state index in [0.717, 1.165) is 22.1 Å². The molecule has 0 aliphatic heterocycles. The lowest BCUT2D eigenvalue weighted by Crippen LogP contribution is -2.31. The van der Waals surface area contributed by atoms with Crippen LogP contribution >= 0.6 is 11.3 Å². The van der Waals surface area contributed by atoms with Crippen molar-refractivity contribution in [1.82, 2.24) is 4.90 Å². The summed E-state index contributed by atoms with van der Waals surface area (Å²) in [6.45, 7) is 1.08. The molecule has 3 nitrogen and oxygen atoms in total. The van der Waals surface area contributed by atoms with E-state index in [-0.39, 0.29) is 5.91 Å². The largest absolute Gasteiger partial charge is 0.467 e. The van der Waals surface area contributed by atoms with Crippen LogP contribution in [0.4, 0.5) is 0 Å². The van der Waals surface area contributed by atoms with E-state index < -0.39 is 0 Å². The van der Waals surface area contributed by atoms with Gasteiger partial charge in [0.25, 0.3) is 0 Å². The molecule has 0 bridgehead atoms. The normalized spacial score (nSPS) is 10.9. The van der Waals surface area contributed by atoms with Crippen LogP contribution in [0.1, 0.15) is 16.2 Å². The summed E-state index contributed by atoms with van der Waals surface area (Å²) in [4.78, 5) is 16.1. The molecule has 0 atom stereocenters. The number of furan rings is 1. The molecule has 0 saturated heterocycles. The van der Waals surface area contributed by atoms with Crippen LogP contribution in [0.2, 0.25) is 0 Å². The number of fused-ring (bicyclic) bond motifs is 1. The number of benzene rings is 2. The average molecular weight is 361 g/mol. The summed E-state index contributed by atoms with van der Waals surface area (Å²) < 4.78 is 5.46. The molecule has 0 fully saturated rings. The maximum absolute atomic E-state index is 13.1. The lowest BCUT2D eigenvalue weighted by Gasteiger charge is -2.21. The van der Waals surface area contributed by atoms with Crippen molar-refractivity contribution in [2.75, 3.05) is 0 Å². The van der Waals surface area contributed by atoms with Crippen molar-refractivity contribution < 1.29 is 9.21 Å². The zero-order valence-electron chi connectivity index (χ0n) is 14.3. The number of thiophene rings is 1. The van der Waals surface area contributed by atoms with Crippen LogP contribution in [0.15, 0.2) is 82.8 Å². The Hall–Kier alpha value is -2.85. The molecule has 0 spiro atoms. The standard InChI is InChI=1S/C22H19NO2S/c24-22(14-18-8-3-7-17-6-1-2-11-21(17)18)23(15-19-9-4-12-25-19)16-20-10-5-13-26-20/h1-13H,14-16H2. The number of amides is 1. The minimum absolute atomic E-state index is 0.103. The van der Waals surface area contributed by atoms with Gasteiger partial charge in [0.05, 0.1) is 25.8 Å². The fourth-order valence-electron chi connectivity index (χ4n) is 3.13. The maximum Gasteiger partial charge on any atom is 0.227 e. The molecule has 4 aromatic rings. The second-order valence-corrected chi connectivity index (χ2v) is 7.26. The predicted octanol–water partition coefficient (Wildman–Crippen LogP) is 5.27. The van der Waals surface area contributed by atoms with Gasteiger partial charge in [-0.15, -0.1) is 11.3 Å². The lowest BCUT2D eigenvalue weighted by atomic mass is 10.0. The van der Waals surface area contributed by atoms with E-state index in [1.165, 1.54) is 4.88 Å². The van der Waals surface area contributed by atoms with E-state index in [2.05, 4.69) is 24.3 Å². The van der Waals surface area contributed by atoms with E-state index in [1.807, 2.05) is 52.7 Å². The van der Waals surface area contributed by atoms with Gasteiger partial charge < -0.3 is 9.32 Å². The number of rotatable bonds is 6. The van der Waals surface area contributed by atoms with Gasteiger partial charge in [-0.05, 0) is 39.9 Å². The Labute approximate surface area is 156 Å². The highest BCUT2D eigenvalue weighted by Gasteiger charge is 2.18. The predicted molar refractivity (Wildman–Crippen MR) is 105 cm³/mol. The summed E-state index contributed by atoms with van der Waals surface area (Å²) in [6, 6.07) is 22.2. The van der Waals surface area contributed by atoms with E-state index in [1.54, 1.807) is 17.6 Å². The van der Waals surface area contributed by atoms with E-state index in [0.29, 0.717) is 19.5 Å². The third-order valence-electron chi connectivity index (χ3n) is 4.43. The smallest absolute Gasteiger partial charge is 0.227 e. The minimum atomic E-state index is 0.103. The first-order chi connectivity index (χ1) is 12.8. The average Bonchev–Trinajstić information content (AvgIpc) is 3.35. The van der Waals surface area contributed by atoms with Crippen molar-refractivity contribution in [1.29, 1.82) is 0 Å². The number of carbonyl (C=O) groups excluding carboxylic acids is 1. The van der Waals surface area contributed by atoms with Gasteiger partial charge in [-0.2, -0.15) is 0 Å². The third-order valence-corrected chi connectivity index (χ3v) is 5.29. The number of hydrogen-bond donors (Lipinski definition) is 0. The molecule has 130 valence electrons. The molecular formula is C22H19NO2S. The Balaban J connectivity index is 1.58. The fourth-order valence-corrected chi connectivity index (χ4v) is 3.85. The van der Waals surface area contributed by atoms with Crippen molar-refractivity contribution >= 4 is 28.0 Å². The molecule has 0 saturated carbocycles. The summed E-state index contributed by atoms with van der Waals surface area (Å²) in [5.74, 6) is 0.902. The molecule has 2 aromatic carbocycles. The van der Waals surface area contributed by atoms with Crippen molar-refractivity contribution in [3.63, 3.8) is 0 Å². The van der Waals surface area contributed by atoms with Gasteiger partial charge in [-0.3, -0.25) is 4.79 Å². The first-order valence-electron chi connectivity index (χ1n) is 8.59. The van der Waals surface area contributed by atoms with Crippen LogP contribution in [0.5, 0.6) is 0 Å². The summed E-state index contributed by atoms with van der Waals surface area (Å²) in [5, 5.41) is 4.33. The van der Waals surface area contributed by atoms with Crippen LogP contribution in [0.3, 0.4) is 0 Å². The van der Waals surface area contributed by atoms with Gasteiger partial charge in [-0.25, -0.2) is 0 Å². The summed E-state index contributed by atoms with van der Waals surface area (Å²) >= 11 is 1.67. The monoisotopic (exact) mass is 361 g/mol. The van der Waals surface area contributed by atoms with Gasteiger partial charge >= 0.3 is 0 Å². The summed E-state index contributed by atoms with van der Waals surface area (Å²) in [6.07, 6.45) is 2.03. The molecule has 0 aliphatic rings. The molecule has 0 N–H and O–H groups in total. The SMILES string of the molecule is O=C(Cc1cccc2ccccc12)N(Cc1ccco1)Cc1cccs1. The van der Waals surface area contributed by atoms with Crippen molar-refractivity contribution in [2.24, 2.45) is 0 Å². The molecule has 0 aliphatic carbocycles. The van der Waals surface area contributed by atoms with Gasteiger partial charge in [-0.1, -0.05) is 48.5 Å². The van der Waals surface area contributed by atoms with Crippen LogP contribution < -0.4 is 0 Å². The summed E-state index contributed by atoms with van der Waals surface area (Å²) in [5.41, 5.74) is 1.06. The van der Waals surface area contributed by atoms with E-state index in [4.69, 9.17) is 4.42 Å². The zero-order chi connectivity index (χ0) is 17.8. The van der Waals surface area contributed by atoms with Gasteiger partial charge in [0.2, 0.25) is 5.91 Å². The number of hydrogen-bond acceptors (Lipinski definition) is 3. The first kappa shape index (κ1) is 16.6. The first-order valence-corrected chi connectivity index (χ1v) is 9.47. The third kappa shape index (κ3) is 3.70. The molecule has 26 heavy (non-hydrogen) atoms. The summed E-state index contributed by atoms with van der Waals surface area (Å²) in [7, 11) is 0. The van der Waals surface area contributed by atoms with Crippen molar-refractivity contribution in [3.8, 4) is 0 Å². The Morgan fingerprint density at radius 2 is 1.81 bits per heavy atom. The topological polar surface area (TPSA) is 33.5 Å². The molecule has 0 unspecified atom stereocenters. The highest BCUT2D eigenvalue weighted by atomic mass is 32.1. The van der Waals surface area contributed by atoms with Crippen LogP contribution in [-0.4, -0.2) is 10.8 Å². The van der Waals surface area contributed by atoms with Crippen LogP contribution in [0, 0.1) is 0 Å². The zero-order valence-corrected chi connectivity index (χ0v) is 15.1. The van der Waals surface area contributed by atoms with E-state index >= 15 is 0 Å². The quantitative estimate of drug-likeness (QED) is 0.469. The minimum Gasteiger partial charge on any atom is -0.467 e. The molecule has 0 radical (unpaired) electrons. The highest BCUT2D eigenvalue weighted by molar-refractivity contribution is 7.09. The van der Waals surface area contributed by atoms with Crippen molar-refractivity contribution in [3.05, 3.63) is 94.6 Å². The maximum atomic E-state index is 13.1. The molecule has 2 heterocycles. The van der Waals surface area contributed by atoms with Crippen LogP contribution in [-0.2, 0) is 24.3 Å². The Kier molecular flexibility index (Phi) is 4.84. The number of nitrogens with zero attached hydrogens (tertiary/aromatic N) is 1. The van der Waals surface area contributed by atoms with Gasteiger partial charge in [0.15, 0.2) is 0 Å². The van der Waals surface area contributed by atoms with Gasteiger partial charge in [0, 0.05) is 4.88 Å². The molecule has 2 aromatic heterocycles. The Morgan fingerprint density at radius 1 is 0.923 bits per heavy atom. The second kappa shape index (κ2) is 7.58. The second-order valence-electron chi connectivity index (χ2n) is 6.22. The van der Waals surface area contributed by atoms with Crippen LogP contribution in [0.25, 0.3) is 10.8 Å². The molecule has 1 amide bonds.